The summed E-state index contributed by atoms with van der Waals surface area (Å²) in [5.41, 5.74) is 0.810. The summed E-state index contributed by atoms with van der Waals surface area (Å²) in [7, 11) is 1.50. The predicted octanol–water partition coefficient (Wildman–Crippen LogP) is 6.59. The molecular formula is C26H26F4N2O5. The van der Waals surface area contributed by atoms with Gasteiger partial charge in [0, 0.05) is 29.7 Å². The number of anilines is 2. The third kappa shape index (κ3) is 7.99. The largest absolute Gasteiger partial charge is 0.497 e. The Morgan fingerprint density at radius 2 is 1.59 bits per heavy atom. The molecule has 0 atom stereocenters. The third-order valence-electron chi connectivity index (χ3n) is 4.81. The van der Waals surface area contributed by atoms with Gasteiger partial charge in [0.2, 0.25) is 0 Å². The molecule has 198 valence electrons. The van der Waals surface area contributed by atoms with Crippen LogP contribution in [0, 0.1) is 0 Å². The van der Waals surface area contributed by atoms with E-state index >= 15 is 0 Å². The fourth-order valence-electron chi connectivity index (χ4n) is 3.35. The number of aromatic nitrogens is 1. The molecule has 2 aromatic carbocycles. The molecule has 0 unspecified atom stereocenters. The number of hydrogen-bond acceptors (Lipinski definition) is 7. The highest BCUT2D eigenvalue weighted by Crippen LogP contribution is 2.37. The molecule has 1 aromatic heterocycles. The summed E-state index contributed by atoms with van der Waals surface area (Å²) in [6.07, 6.45) is 1.54. The van der Waals surface area contributed by atoms with Crippen molar-refractivity contribution in [1.29, 1.82) is 0 Å². The van der Waals surface area contributed by atoms with E-state index < -0.39 is 36.3 Å². The van der Waals surface area contributed by atoms with Crippen LogP contribution in [0.15, 0.2) is 60.8 Å². The number of rotatable bonds is 10. The lowest BCUT2D eigenvalue weighted by Crippen LogP contribution is -2.24. The van der Waals surface area contributed by atoms with Crippen molar-refractivity contribution < 1.29 is 41.3 Å². The normalized spacial score (nSPS) is 11.4. The molecule has 1 heterocycles. The van der Waals surface area contributed by atoms with Crippen LogP contribution in [0.2, 0.25) is 0 Å². The van der Waals surface area contributed by atoms with Gasteiger partial charge in [-0.05, 0) is 57.2 Å². The van der Waals surface area contributed by atoms with Gasteiger partial charge in [0.15, 0.2) is 11.5 Å². The Kier molecular flexibility index (Phi) is 8.80. The van der Waals surface area contributed by atoms with Crippen LogP contribution in [0.1, 0.15) is 36.8 Å². The number of carbonyl (C=O) groups excluding carboxylic acids is 1. The topological polar surface area (TPSA) is 70.1 Å². The number of alkyl halides is 4. The lowest BCUT2D eigenvalue weighted by molar-refractivity contribution is -0.0692. The summed E-state index contributed by atoms with van der Waals surface area (Å²) >= 11 is 0. The number of nitrogens with zero attached hydrogens (tertiary/aromatic N) is 2. The molecule has 7 nitrogen and oxygen atoms in total. The highest BCUT2D eigenvalue weighted by atomic mass is 19.3. The minimum atomic E-state index is -3.28. The minimum Gasteiger partial charge on any atom is -0.497 e. The van der Waals surface area contributed by atoms with Crippen molar-refractivity contribution in [2.24, 2.45) is 0 Å². The summed E-state index contributed by atoms with van der Waals surface area (Å²) in [6.45, 7) is -1.21. The monoisotopic (exact) mass is 522 g/mol. The second kappa shape index (κ2) is 11.8. The van der Waals surface area contributed by atoms with Gasteiger partial charge in [-0.1, -0.05) is 6.07 Å². The first-order valence-corrected chi connectivity index (χ1v) is 11.1. The molecule has 3 aromatic rings. The maximum atomic E-state index is 13.0. The number of pyridine rings is 1. The summed E-state index contributed by atoms with van der Waals surface area (Å²) in [4.78, 5) is 18.6. The Hall–Kier alpha value is -4.02. The van der Waals surface area contributed by atoms with Crippen LogP contribution in [0.5, 0.6) is 17.2 Å². The van der Waals surface area contributed by atoms with Gasteiger partial charge < -0.3 is 23.8 Å². The second-order valence-corrected chi connectivity index (χ2v) is 8.71. The maximum Gasteiger partial charge on any atom is 0.387 e. The summed E-state index contributed by atoms with van der Waals surface area (Å²) in [5, 5.41) is 0. The Morgan fingerprint density at radius 3 is 2.24 bits per heavy atom. The fourth-order valence-corrected chi connectivity index (χ4v) is 3.35. The van der Waals surface area contributed by atoms with Crippen molar-refractivity contribution in [3.8, 4) is 17.2 Å². The average Bonchev–Trinajstić information content (AvgIpc) is 2.82. The molecule has 11 heteroatoms. The molecule has 0 aliphatic rings. The maximum absolute atomic E-state index is 13.0. The first kappa shape index (κ1) is 27.6. The van der Waals surface area contributed by atoms with Crippen LogP contribution >= 0.6 is 0 Å². The van der Waals surface area contributed by atoms with Crippen LogP contribution in [-0.4, -0.2) is 36.9 Å². The molecule has 0 fully saturated rings. The zero-order valence-corrected chi connectivity index (χ0v) is 20.6. The molecule has 0 radical (unpaired) electrons. The van der Waals surface area contributed by atoms with E-state index in [2.05, 4.69) is 14.5 Å². The number of hydrogen-bond donors (Lipinski definition) is 0. The SMILES string of the molecule is COc1ccnc(CN(c2cccc(C(=O)OC(C)(C)C)c2)c2ccc(OC(F)F)c(OC(F)F)c2)c1. The molecule has 3 rings (SSSR count). The van der Waals surface area contributed by atoms with Gasteiger partial charge in [-0.2, -0.15) is 17.6 Å². The van der Waals surface area contributed by atoms with Gasteiger partial charge in [-0.25, -0.2) is 4.79 Å². The van der Waals surface area contributed by atoms with E-state index in [9.17, 15) is 22.4 Å². The fraction of sp³-hybridized carbons (Fsp3) is 0.308. The van der Waals surface area contributed by atoms with E-state index in [0.717, 1.165) is 12.1 Å². The van der Waals surface area contributed by atoms with Crippen LogP contribution in [0.3, 0.4) is 0 Å². The molecule has 0 amide bonds. The van der Waals surface area contributed by atoms with E-state index in [1.165, 1.54) is 19.4 Å². The number of carbonyl (C=O) groups is 1. The average molecular weight is 522 g/mol. The first-order chi connectivity index (χ1) is 17.4. The predicted molar refractivity (Wildman–Crippen MR) is 128 cm³/mol. The van der Waals surface area contributed by atoms with Gasteiger partial charge in [0.05, 0.1) is 24.9 Å². The zero-order chi connectivity index (χ0) is 27.2. The molecule has 0 bridgehead atoms. The number of methoxy groups -OCH3 is 1. The Balaban J connectivity index is 2.09. The Labute approximate surface area is 211 Å². The Morgan fingerprint density at radius 1 is 0.919 bits per heavy atom. The highest BCUT2D eigenvalue weighted by Gasteiger charge is 2.22. The van der Waals surface area contributed by atoms with Gasteiger partial charge >= 0.3 is 19.2 Å². The minimum absolute atomic E-state index is 0.0954. The van der Waals surface area contributed by atoms with Crippen molar-refractivity contribution in [3.05, 3.63) is 72.1 Å². The number of esters is 1. The van der Waals surface area contributed by atoms with Gasteiger partial charge in [0.1, 0.15) is 11.4 Å². The summed E-state index contributed by atoms with van der Waals surface area (Å²) < 4.78 is 71.2. The molecular weight excluding hydrogens is 496 g/mol. The van der Waals surface area contributed by atoms with Crippen LogP contribution < -0.4 is 19.1 Å². The van der Waals surface area contributed by atoms with Gasteiger partial charge in [-0.15, -0.1) is 0 Å². The number of benzene rings is 2. The smallest absolute Gasteiger partial charge is 0.387 e. The van der Waals surface area contributed by atoms with E-state index in [-0.39, 0.29) is 17.8 Å². The molecule has 0 aliphatic carbocycles. The highest BCUT2D eigenvalue weighted by molar-refractivity contribution is 5.91. The molecule has 0 aliphatic heterocycles. The van der Waals surface area contributed by atoms with E-state index in [1.807, 2.05) is 0 Å². The van der Waals surface area contributed by atoms with Crippen molar-refractivity contribution >= 4 is 17.3 Å². The summed E-state index contributed by atoms with van der Waals surface area (Å²) in [5.74, 6) is -1.16. The molecule has 0 saturated carbocycles. The van der Waals surface area contributed by atoms with Crippen molar-refractivity contribution in [3.63, 3.8) is 0 Å². The Bertz CT molecular complexity index is 1220. The van der Waals surface area contributed by atoms with Crippen LogP contribution in [-0.2, 0) is 11.3 Å². The second-order valence-electron chi connectivity index (χ2n) is 8.71. The van der Waals surface area contributed by atoms with Crippen molar-refractivity contribution in [2.45, 2.75) is 46.1 Å². The lowest BCUT2D eigenvalue weighted by Gasteiger charge is -2.27. The van der Waals surface area contributed by atoms with Crippen LogP contribution in [0.25, 0.3) is 0 Å². The van der Waals surface area contributed by atoms with E-state index in [0.29, 0.717) is 17.1 Å². The standard InChI is InChI=1S/C26H26F4N2O5/c1-26(2,3)37-23(33)16-6-5-7-18(12-16)32(15-17-13-20(34-4)10-11-31-17)19-8-9-21(35-24(27)28)22(14-19)36-25(29)30/h5-14,24-25H,15H2,1-4H3. The van der Waals surface area contributed by atoms with Gasteiger partial charge in [0.25, 0.3) is 0 Å². The quantitative estimate of drug-likeness (QED) is 0.220. The van der Waals surface area contributed by atoms with E-state index in [4.69, 9.17) is 9.47 Å². The van der Waals surface area contributed by atoms with Crippen molar-refractivity contribution in [1.82, 2.24) is 4.98 Å². The van der Waals surface area contributed by atoms with Crippen LogP contribution in [0.4, 0.5) is 28.9 Å². The lowest BCUT2D eigenvalue weighted by atomic mass is 10.1. The molecule has 0 saturated heterocycles. The first-order valence-electron chi connectivity index (χ1n) is 11.1. The summed E-state index contributed by atoms with van der Waals surface area (Å²) in [6, 6.07) is 13.4. The molecule has 37 heavy (non-hydrogen) atoms. The van der Waals surface area contributed by atoms with E-state index in [1.54, 1.807) is 62.1 Å². The number of ether oxygens (including phenoxy) is 4. The zero-order valence-electron chi connectivity index (χ0n) is 20.6. The molecule has 0 spiro atoms. The molecule has 0 N–H and O–H groups in total. The third-order valence-corrected chi connectivity index (χ3v) is 4.81. The number of halogens is 4. The van der Waals surface area contributed by atoms with Crippen molar-refractivity contribution in [2.75, 3.05) is 12.0 Å². The van der Waals surface area contributed by atoms with Gasteiger partial charge in [-0.3, -0.25) is 4.98 Å².